The lowest BCUT2D eigenvalue weighted by Crippen LogP contribution is -2.38. The van der Waals surface area contributed by atoms with E-state index in [2.05, 4.69) is 4.98 Å². The van der Waals surface area contributed by atoms with Crippen molar-refractivity contribution < 1.29 is 18.7 Å². The lowest BCUT2D eigenvalue weighted by atomic mass is 10.1. The van der Waals surface area contributed by atoms with Crippen LogP contribution in [0.3, 0.4) is 0 Å². The highest BCUT2D eigenvalue weighted by Crippen LogP contribution is 2.34. The van der Waals surface area contributed by atoms with Crippen LogP contribution in [0.4, 0.5) is 10.1 Å². The van der Waals surface area contributed by atoms with Gasteiger partial charge >= 0.3 is 0 Å². The van der Waals surface area contributed by atoms with Gasteiger partial charge in [0.1, 0.15) is 17.9 Å². The Bertz CT molecular complexity index is 968. The maximum Gasteiger partial charge on any atom is 0.265 e. The zero-order valence-corrected chi connectivity index (χ0v) is 13.6. The summed E-state index contributed by atoms with van der Waals surface area (Å²) in [6.45, 7) is 0.182. The number of aromatic nitrogens is 2. The molecule has 0 atom stereocenters. The molecule has 0 radical (unpaired) electrons. The van der Waals surface area contributed by atoms with Gasteiger partial charge in [-0.15, -0.1) is 0 Å². The van der Waals surface area contributed by atoms with Gasteiger partial charge in [-0.3, -0.25) is 14.2 Å². The van der Waals surface area contributed by atoms with Crippen LogP contribution in [0.5, 0.6) is 5.75 Å². The first-order chi connectivity index (χ1) is 12.6. The maximum atomic E-state index is 13.1. The fourth-order valence-corrected chi connectivity index (χ4v) is 2.81. The van der Waals surface area contributed by atoms with E-state index in [4.69, 9.17) is 4.74 Å². The molecule has 1 aliphatic rings. The van der Waals surface area contributed by atoms with Gasteiger partial charge in [-0.05, 0) is 35.9 Å². The van der Waals surface area contributed by atoms with Crippen molar-refractivity contribution in [1.29, 1.82) is 0 Å². The lowest BCUT2D eigenvalue weighted by Gasteiger charge is -2.29. The molecule has 0 saturated heterocycles. The Morgan fingerprint density at radius 1 is 1.19 bits per heavy atom. The summed E-state index contributed by atoms with van der Waals surface area (Å²) in [4.78, 5) is 30.3. The molecule has 2 heterocycles. The highest BCUT2D eigenvalue weighted by atomic mass is 19.1. The van der Waals surface area contributed by atoms with Crippen LogP contribution in [0, 0.1) is 5.82 Å². The SMILES string of the molecule is O=C1COc2ccc(C(=O)n3ccnc3)cc2N1Cc1ccc(F)cc1. The van der Waals surface area contributed by atoms with Crippen LogP contribution in [0.25, 0.3) is 0 Å². The number of hydrogen-bond donors (Lipinski definition) is 0. The van der Waals surface area contributed by atoms with E-state index >= 15 is 0 Å². The Morgan fingerprint density at radius 2 is 2.00 bits per heavy atom. The summed E-state index contributed by atoms with van der Waals surface area (Å²) in [7, 11) is 0. The Kier molecular flexibility index (Phi) is 3.96. The summed E-state index contributed by atoms with van der Waals surface area (Å²) in [5.74, 6) is -0.302. The van der Waals surface area contributed by atoms with Crippen molar-refractivity contribution in [3.05, 3.63) is 78.1 Å². The molecule has 3 aromatic rings. The van der Waals surface area contributed by atoms with Gasteiger partial charge < -0.3 is 9.64 Å². The van der Waals surface area contributed by atoms with E-state index in [0.29, 0.717) is 17.0 Å². The molecule has 4 rings (SSSR count). The molecule has 0 bridgehead atoms. The third-order valence-corrected chi connectivity index (χ3v) is 4.14. The molecule has 6 nitrogen and oxygen atoms in total. The second-order valence-electron chi connectivity index (χ2n) is 5.85. The van der Waals surface area contributed by atoms with E-state index in [1.165, 1.54) is 34.1 Å². The zero-order valence-electron chi connectivity index (χ0n) is 13.6. The number of benzene rings is 2. The molecular weight excluding hydrogens is 337 g/mol. The monoisotopic (exact) mass is 351 g/mol. The molecule has 2 aromatic carbocycles. The number of halogens is 1. The molecule has 7 heteroatoms. The minimum absolute atomic E-state index is 0.0803. The first kappa shape index (κ1) is 16.0. The normalized spacial score (nSPS) is 13.3. The summed E-state index contributed by atoms with van der Waals surface area (Å²) < 4.78 is 19.9. The van der Waals surface area contributed by atoms with Crippen molar-refractivity contribution in [2.24, 2.45) is 0 Å². The summed E-state index contributed by atoms with van der Waals surface area (Å²) in [5.41, 5.74) is 1.69. The average Bonchev–Trinajstić information content (AvgIpc) is 3.19. The van der Waals surface area contributed by atoms with Crippen LogP contribution >= 0.6 is 0 Å². The number of amides is 1. The van der Waals surface area contributed by atoms with E-state index in [9.17, 15) is 14.0 Å². The Hall–Kier alpha value is -3.48. The molecule has 1 aliphatic heterocycles. The number of carbonyl (C=O) groups is 2. The van der Waals surface area contributed by atoms with Gasteiger partial charge in [0.05, 0.1) is 12.2 Å². The van der Waals surface area contributed by atoms with Crippen LogP contribution in [-0.4, -0.2) is 28.0 Å². The minimum atomic E-state index is -0.337. The summed E-state index contributed by atoms with van der Waals surface area (Å²) >= 11 is 0. The smallest absolute Gasteiger partial charge is 0.265 e. The maximum absolute atomic E-state index is 13.1. The van der Waals surface area contributed by atoms with Gasteiger partial charge in [-0.25, -0.2) is 9.37 Å². The topological polar surface area (TPSA) is 64.4 Å². The fraction of sp³-hybridized carbons (Fsp3) is 0.105. The molecule has 1 aromatic heterocycles. The molecule has 0 fully saturated rings. The highest BCUT2D eigenvalue weighted by Gasteiger charge is 2.27. The molecule has 0 N–H and O–H groups in total. The van der Waals surface area contributed by atoms with E-state index in [1.54, 1.807) is 36.5 Å². The van der Waals surface area contributed by atoms with Crippen molar-refractivity contribution >= 4 is 17.5 Å². The number of imidazole rings is 1. The first-order valence-electron chi connectivity index (χ1n) is 7.96. The number of rotatable bonds is 3. The van der Waals surface area contributed by atoms with Crippen LogP contribution in [-0.2, 0) is 11.3 Å². The summed E-state index contributed by atoms with van der Waals surface area (Å²) in [6.07, 6.45) is 4.49. The largest absolute Gasteiger partial charge is 0.482 e. The van der Waals surface area contributed by atoms with Crippen molar-refractivity contribution in [2.45, 2.75) is 6.54 Å². The molecule has 130 valence electrons. The molecule has 0 unspecified atom stereocenters. The average molecular weight is 351 g/mol. The Balaban J connectivity index is 1.69. The number of nitrogens with zero attached hydrogens (tertiary/aromatic N) is 3. The molecule has 1 amide bonds. The van der Waals surface area contributed by atoms with E-state index in [1.807, 2.05) is 0 Å². The van der Waals surface area contributed by atoms with Gasteiger partial charge in [0.15, 0.2) is 6.61 Å². The number of hydrogen-bond acceptors (Lipinski definition) is 4. The van der Waals surface area contributed by atoms with Crippen LogP contribution < -0.4 is 9.64 Å². The number of fused-ring (bicyclic) bond motifs is 1. The van der Waals surface area contributed by atoms with Crippen LogP contribution in [0.2, 0.25) is 0 Å². The fourth-order valence-electron chi connectivity index (χ4n) is 2.81. The first-order valence-corrected chi connectivity index (χ1v) is 7.96. The quantitative estimate of drug-likeness (QED) is 0.728. The van der Waals surface area contributed by atoms with Gasteiger partial charge in [-0.2, -0.15) is 0 Å². The van der Waals surface area contributed by atoms with Crippen molar-refractivity contribution in [3.63, 3.8) is 0 Å². The van der Waals surface area contributed by atoms with Crippen LogP contribution in [0.1, 0.15) is 15.9 Å². The summed E-state index contributed by atoms with van der Waals surface area (Å²) in [6, 6.07) is 10.9. The van der Waals surface area contributed by atoms with Crippen molar-refractivity contribution in [1.82, 2.24) is 9.55 Å². The second-order valence-corrected chi connectivity index (χ2v) is 5.85. The lowest BCUT2D eigenvalue weighted by molar-refractivity contribution is -0.121. The van der Waals surface area contributed by atoms with Gasteiger partial charge in [0.2, 0.25) is 0 Å². The molecular formula is C19H14FN3O3. The highest BCUT2D eigenvalue weighted by molar-refractivity contribution is 6.01. The van der Waals surface area contributed by atoms with Gasteiger partial charge in [0, 0.05) is 18.0 Å². The van der Waals surface area contributed by atoms with Gasteiger partial charge in [-0.1, -0.05) is 12.1 Å². The third-order valence-electron chi connectivity index (χ3n) is 4.14. The molecule has 26 heavy (non-hydrogen) atoms. The van der Waals surface area contributed by atoms with Gasteiger partial charge in [0.25, 0.3) is 11.8 Å². The van der Waals surface area contributed by atoms with E-state index in [-0.39, 0.29) is 30.8 Å². The minimum Gasteiger partial charge on any atom is -0.482 e. The molecule has 0 spiro atoms. The number of anilines is 1. The predicted molar refractivity (Wildman–Crippen MR) is 91.5 cm³/mol. The predicted octanol–water partition coefficient (Wildman–Crippen LogP) is 2.64. The molecule has 0 aliphatic carbocycles. The summed E-state index contributed by atoms with van der Waals surface area (Å²) in [5, 5.41) is 0. The Labute approximate surface area is 148 Å². The van der Waals surface area contributed by atoms with E-state index < -0.39 is 0 Å². The standard InChI is InChI=1S/C19H14FN3O3/c20-15-4-1-13(2-5-15)10-23-16-9-14(19(25)22-8-7-21-12-22)3-6-17(16)26-11-18(23)24/h1-9,12H,10-11H2. The van der Waals surface area contributed by atoms with Crippen molar-refractivity contribution in [2.75, 3.05) is 11.5 Å². The van der Waals surface area contributed by atoms with Crippen molar-refractivity contribution in [3.8, 4) is 5.75 Å². The second kappa shape index (κ2) is 6.44. The Morgan fingerprint density at radius 3 is 2.73 bits per heavy atom. The van der Waals surface area contributed by atoms with E-state index in [0.717, 1.165) is 5.56 Å². The van der Waals surface area contributed by atoms with Crippen LogP contribution in [0.15, 0.2) is 61.2 Å². The number of ether oxygens (including phenoxy) is 1. The number of carbonyl (C=O) groups excluding carboxylic acids is 2. The third kappa shape index (κ3) is 2.95. The zero-order chi connectivity index (χ0) is 18.1. The molecule has 0 saturated carbocycles.